The highest BCUT2D eigenvalue weighted by molar-refractivity contribution is 5.96. The topological polar surface area (TPSA) is 73.8 Å². The molecule has 0 saturated carbocycles. The van der Waals surface area contributed by atoms with Gasteiger partial charge in [-0.3, -0.25) is 9.59 Å². The van der Waals surface area contributed by atoms with E-state index in [1.54, 1.807) is 37.4 Å². The number of hydrazone groups is 1. The van der Waals surface area contributed by atoms with Crippen molar-refractivity contribution < 1.29 is 9.59 Å². The Kier molecular flexibility index (Phi) is 6.28. The summed E-state index contributed by atoms with van der Waals surface area (Å²) in [6.45, 7) is 1.78. The van der Waals surface area contributed by atoms with Crippen LogP contribution in [0.25, 0.3) is 0 Å². The molecule has 0 bridgehead atoms. The van der Waals surface area contributed by atoms with Crippen molar-refractivity contribution in [3.8, 4) is 0 Å². The first-order valence-electron chi connectivity index (χ1n) is 8.00. The lowest BCUT2D eigenvalue weighted by molar-refractivity contribution is -0.115. The highest BCUT2D eigenvalue weighted by Gasteiger charge is 2.05. The fraction of sp³-hybridized carbons (Fsp3) is 0.211. The van der Waals surface area contributed by atoms with E-state index in [0.29, 0.717) is 17.7 Å². The monoisotopic (exact) mass is 338 g/mol. The summed E-state index contributed by atoms with van der Waals surface area (Å²) in [5.74, 6) is -0.378. The molecule has 6 heteroatoms. The number of rotatable bonds is 6. The van der Waals surface area contributed by atoms with Gasteiger partial charge in [0.25, 0.3) is 5.91 Å². The molecule has 0 aliphatic carbocycles. The van der Waals surface area contributed by atoms with Crippen molar-refractivity contribution in [2.75, 3.05) is 24.3 Å². The van der Waals surface area contributed by atoms with Crippen molar-refractivity contribution in [1.29, 1.82) is 0 Å². The molecule has 0 saturated heterocycles. The first kappa shape index (κ1) is 18.2. The van der Waals surface area contributed by atoms with Gasteiger partial charge in [-0.15, -0.1) is 0 Å². The molecule has 0 radical (unpaired) electrons. The van der Waals surface area contributed by atoms with Gasteiger partial charge in [0.05, 0.1) is 6.21 Å². The van der Waals surface area contributed by atoms with Crippen molar-refractivity contribution in [1.82, 2.24) is 5.43 Å². The van der Waals surface area contributed by atoms with Crippen LogP contribution in [-0.2, 0) is 4.79 Å². The molecule has 2 rings (SSSR count). The van der Waals surface area contributed by atoms with Gasteiger partial charge < -0.3 is 10.2 Å². The summed E-state index contributed by atoms with van der Waals surface area (Å²) in [7, 11) is 3.95. The van der Waals surface area contributed by atoms with Crippen LogP contribution in [0.15, 0.2) is 53.6 Å². The second-order valence-electron chi connectivity index (χ2n) is 5.66. The number of nitrogens with zero attached hydrogens (tertiary/aromatic N) is 2. The summed E-state index contributed by atoms with van der Waals surface area (Å²) in [5.41, 5.74) is 5.60. The van der Waals surface area contributed by atoms with Crippen molar-refractivity contribution >= 4 is 29.4 Å². The third kappa shape index (κ3) is 5.46. The zero-order valence-corrected chi connectivity index (χ0v) is 14.6. The average Bonchev–Trinajstić information content (AvgIpc) is 2.62. The third-order valence-corrected chi connectivity index (χ3v) is 3.54. The van der Waals surface area contributed by atoms with E-state index in [-0.39, 0.29) is 11.8 Å². The number of amides is 2. The van der Waals surface area contributed by atoms with Crippen LogP contribution in [-0.4, -0.2) is 32.1 Å². The number of nitrogens with one attached hydrogen (secondary N) is 2. The maximum atomic E-state index is 12.0. The Morgan fingerprint density at radius 3 is 2.24 bits per heavy atom. The minimum absolute atomic E-state index is 0.0675. The lowest BCUT2D eigenvalue weighted by Gasteiger charge is -2.11. The van der Waals surface area contributed by atoms with Crippen LogP contribution in [0.3, 0.4) is 0 Å². The number of hydrogen-bond acceptors (Lipinski definition) is 4. The summed E-state index contributed by atoms with van der Waals surface area (Å²) in [5, 5.41) is 6.70. The molecule has 25 heavy (non-hydrogen) atoms. The maximum Gasteiger partial charge on any atom is 0.271 e. The summed E-state index contributed by atoms with van der Waals surface area (Å²) < 4.78 is 0. The van der Waals surface area contributed by atoms with Gasteiger partial charge in [0.1, 0.15) is 0 Å². The summed E-state index contributed by atoms with van der Waals surface area (Å²) in [6, 6.07) is 14.5. The maximum absolute atomic E-state index is 12.0. The number of carbonyl (C=O) groups excluding carboxylic acids is 2. The molecule has 0 atom stereocenters. The van der Waals surface area contributed by atoms with Crippen LogP contribution in [0.2, 0.25) is 0 Å². The molecular weight excluding hydrogens is 316 g/mol. The Morgan fingerprint density at radius 2 is 1.68 bits per heavy atom. The number of anilines is 2. The van der Waals surface area contributed by atoms with Crippen LogP contribution < -0.4 is 15.6 Å². The number of carbonyl (C=O) groups is 2. The lowest BCUT2D eigenvalue weighted by Crippen LogP contribution is -2.17. The van der Waals surface area contributed by atoms with E-state index < -0.39 is 0 Å². The predicted molar refractivity (Wildman–Crippen MR) is 101 cm³/mol. The first-order chi connectivity index (χ1) is 12.0. The molecule has 2 N–H and O–H groups in total. The zero-order chi connectivity index (χ0) is 18.2. The van der Waals surface area contributed by atoms with Crippen molar-refractivity contribution in [2.45, 2.75) is 13.3 Å². The van der Waals surface area contributed by atoms with Crippen LogP contribution >= 0.6 is 0 Å². The molecule has 2 aromatic rings. The average molecular weight is 338 g/mol. The van der Waals surface area contributed by atoms with Crippen LogP contribution in [0.1, 0.15) is 29.3 Å². The Morgan fingerprint density at radius 1 is 1.04 bits per heavy atom. The van der Waals surface area contributed by atoms with Gasteiger partial charge in [0, 0.05) is 37.5 Å². The van der Waals surface area contributed by atoms with Crippen molar-refractivity contribution in [2.24, 2.45) is 5.10 Å². The van der Waals surface area contributed by atoms with Gasteiger partial charge in [-0.05, 0) is 42.0 Å². The molecule has 0 heterocycles. The summed E-state index contributed by atoms with van der Waals surface area (Å²) >= 11 is 0. The Bertz CT molecular complexity index is 750. The second-order valence-corrected chi connectivity index (χ2v) is 5.66. The summed E-state index contributed by atoms with van der Waals surface area (Å²) in [6.07, 6.45) is 2.00. The molecule has 130 valence electrons. The predicted octanol–water partition coefficient (Wildman–Crippen LogP) is 2.87. The SMILES string of the molecule is CCC(=O)Nc1ccc(C(=O)NN=Cc2ccc(N(C)C)cc2)cc1. The van der Waals surface area contributed by atoms with Gasteiger partial charge in [-0.1, -0.05) is 19.1 Å². The quantitative estimate of drug-likeness (QED) is 0.628. The number of hydrogen-bond donors (Lipinski definition) is 2. The molecule has 0 aromatic heterocycles. The van der Waals surface area contributed by atoms with E-state index >= 15 is 0 Å². The minimum atomic E-state index is -0.311. The highest BCUT2D eigenvalue weighted by Crippen LogP contribution is 2.11. The van der Waals surface area contributed by atoms with Gasteiger partial charge in [-0.2, -0.15) is 5.10 Å². The fourth-order valence-electron chi connectivity index (χ4n) is 2.04. The van der Waals surface area contributed by atoms with Crippen LogP contribution in [0.4, 0.5) is 11.4 Å². The molecule has 0 spiro atoms. The zero-order valence-electron chi connectivity index (χ0n) is 14.6. The molecule has 0 aliphatic rings. The Labute approximate surface area is 147 Å². The van der Waals surface area contributed by atoms with Gasteiger partial charge in [0.15, 0.2) is 0 Å². The summed E-state index contributed by atoms with van der Waals surface area (Å²) in [4.78, 5) is 25.4. The van der Waals surface area contributed by atoms with E-state index in [9.17, 15) is 9.59 Å². The molecule has 2 aromatic carbocycles. The fourth-order valence-corrected chi connectivity index (χ4v) is 2.04. The van der Waals surface area contributed by atoms with Crippen molar-refractivity contribution in [3.05, 3.63) is 59.7 Å². The van der Waals surface area contributed by atoms with Crippen LogP contribution in [0, 0.1) is 0 Å². The number of benzene rings is 2. The van der Waals surface area contributed by atoms with Crippen LogP contribution in [0.5, 0.6) is 0 Å². The first-order valence-corrected chi connectivity index (χ1v) is 8.00. The lowest BCUT2D eigenvalue weighted by atomic mass is 10.2. The highest BCUT2D eigenvalue weighted by atomic mass is 16.2. The van der Waals surface area contributed by atoms with E-state index in [1.807, 2.05) is 43.3 Å². The van der Waals surface area contributed by atoms with Crippen molar-refractivity contribution in [3.63, 3.8) is 0 Å². The van der Waals surface area contributed by atoms with E-state index in [0.717, 1.165) is 11.3 Å². The smallest absolute Gasteiger partial charge is 0.271 e. The largest absolute Gasteiger partial charge is 0.378 e. The Balaban J connectivity index is 1.92. The standard InChI is InChI=1S/C19H22N4O2/c1-4-18(24)21-16-9-7-15(8-10-16)19(25)22-20-13-14-5-11-17(12-6-14)23(2)3/h5-13H,4H2,1-3H3,(H,21,24)(H,22,25). The third-order valence-electron chi connectivity index (χ3n) is 3.54. The van der Waals surface area contributed by atoms with E-state index in [2.05, 4.69) is 15.8 Å². The van der Waals surface area contributed by atoms with E-state index in [1.165, 1.54) is 0 Å². The van der Waals surface area contributed by atoms with Gasteiger partial charge in [0.2, 0.25) is 5.91 Å². The van der Waals surface area contributed by atoms with Gasteiger partial charge >= 0.3 is 0 Å². The minimum Gasteiger partial charge on any atom is -0.378 e. The second kappa shape index (κ2) is 8.63. The Hall–Kier alpha value is -3.15. The van der Waals surface area contributed by atoms with E-state index in [4.69, 9.17) is 0 Å². The molecule has 2 amide bonds. The molecule has 0 unspecified atom stereocenters. The normalized spacial score (nSPS) is 10.5. The molecular formula is C19H22N4O2. The van der Waals surface area contributed by atoms with Gasteiger partial charge in [-0.25, -0.2) is 5.43 Å². The molecule has 6 nitrogen and oxygen atoms in total. The molecule has 0 aliphatic heterocycles. The molecule has 0 fully saturated rings.